The maximum absolute atomic E-state index is 10.3. The molecule has 0 saturated heterocycles. The number of likely N-dealkylation sites (N-methyl/N-ethyl adjacent to an activating group) is 3. The largest absolute Gasteiger partial charge is 0.481 e. The Bertz CT molecular complexity index is 484. The van der Waals surface area contributed by atoms with E-state index >= 15 is 0 Å². The number of carbonyl (C=O) groups is 3. The van der Waals surface area contributed by atoms with Crippen LogP contribution >= 0.6 is 0 Å². The van der Waals surface area contributed by atoms with Crippen LogP contribution in [0.3, 0.4) is 0 Å². The van der Waals surface area contributed by atoms with Gasteiger partial charge in [-0.2, -0.15) is 0 Å². The molecular formula is C21H41N3O7. The van der Waals surface area contributed by atoms with Gasteiger partial charge in [-0.05, 0) is 42.3 Å². The number of hydrogen-bond donors (Lipinski definition) is 4. The Morgan fingerprint density at radius 1 is 0.677 bits per heavy atom. The summed E-state index contributed by atoms with van der Waals surface area (Å²) in [6.07, 6.45) is 3.34. The second-order valence-electron chi connectivity index (χ2n) is 7.13. The fourth-order valence-corrected chi connectivity index (χ4v) is 1.49. The van der Waals surface area contributed by atoms with Gasteiger partial charge in [0.25, 0.3) is 0 Å². The van der Waals surface area contributed by atoms with Crippen molar-refractivity contribution in [2.45, 2.75) is 18.4 Å². The molecule has 0 saturated carbocycles. The summed E-state index contributed by atoms with van der Waals surface area (Å²) >= 11 is 0. The standard InChI is InChI=1S/C6H8O7.3C5H11N/c7-3(8)1-6(13,5(11)12)2-4(9)10;3*1-4-5-6(2)3/h13H,1-2H2,(H,7,8)(H,9,10)(H,11,12);3*4H,1,5H2,2-3H3. The van der Waals surface area contributed by atoms with Gasteiger partial charge in [0.05, 0.1) is 12.8 Å². The van der Waals surface area contributed by atoms with Gasteiger partial charge in [-0.15, -0.1) is 19.7 Å². The Kier molecular flexibility index (Phi) is 25.6. The highest BCUT2D eigenvalue weighted by atomic mass is 16.4. The van der Waals surface area contributed by atoms with E-state index in [0.29, 0.717) is 0 Å². The Labute approximate surface area is 186 Å². The number of aliphatic carboxylic acids is 3. The van der Waals surface area contributed by atoms with Crippen molar-refractivity contribution in [1.82, 2.24) is 14.7 Å². The SMILES string of the molecule is C=CCN(C)C.C=CCN(C)C.C=CCN(C)C.O=C(O)CC(O)(CC(=O)O)C(=O)O. The van der Waals surface area contributed by atoms with Crippen LogP contribution < -0.4 is 0 Å². The van der Waals surface area contributed by atoms with Crippen LogP contribution in [-0.2, 0) is 14.4 Å². The van der Waals surface area contributed by atoms with Crippen molar-refractivity contribution in [3.8, 4) is 0 Å². The molecule has 0 rings (SSSR count). The first kappa shape index (κ1) is 35.9. The summed E-state index contributed by atoms with van der Waals surface area (Å²) < 4.78 is 0. The molecule has 0 aliphatic carbocycles. The summed E-state index contributed by atoms with van der Waals surface area (Å²) in [5.41, 5.74) is -2.74. The molecule has 0 fully saturated rings. The minimum Gasteiger partial charge on any atom is -0.481 e. The van der Waals surface area contributed by atoms with Gasteiger partial charge in [-0.25, -0.2) is 4.79 Å². The Balaban J connectivity index is -0.000000171. The van der Waals surface area contributed by atoms with E-state index in [-0.39, 0.29) is 0 Å². The van der Waals surface area contributed by atoms with Crippen LogP contribution in [0.2, 0.25) is 0 Å². The molecule has 0 aliphatic heterocycles. The van der Waals surface area contributed by atoms with Gasteiger partial charge in [0.1, 0.15) is 0 Å². The predicted octanol–water partition coefficient (Wildman–Crippen LogP) is 0.954. The molecule has 0 bridgehead atoms. The fourth-order valence-electron chi connectivity index (χ4n) is 1.49. The van der Waals surface area contributed by atoms with Crippen molar-refractivity contribution >= 4 is 17.9 Å². The summed E-state index contributed by atoms with van der Waals surface area (Å²) in [6, 6.07) is 0. The molecule has 10 heteroatoms. The van der Waals surface area contributed by atoms with Crippen molar-refractivity contribution in [2.24, 2.45) is 0 Å². The highest BCUT2D eigenvalue weighted by Gasteiger charge is 2.40. The number of hydrogen-bond acceptors (Lipinski definition) is 7. The summed E-state index contributed by atoms with van der Waals surface area (Å²) in [5, 5.41) is 33.8. The Morgan fingerprint density at radius 3 is 0.968 bits per heavy atom. The van der Waals surface area contributed by atoms with E-state index in [1.54, 1.807) is 0 Å². The van der Waals surface area contributed by atoms with Gasteiger partial charge in [-0.3, -0.25) is 9.59 Å². The van der Waals surface area contributed by atoms with Gasteiger partial charge < -0.3 is 35.1 Å². The van der Waals surface area contributed by atoms with E-state index in [2.05, 4.69) is 34.4 Å². The molecule has 182 valence electrons. The molecule has 0 aromatic heterocycles. The summed E-state index contributed by atoms with van der Waals surface area (Å²) in [7, 11) is 12.1. The highest BCUT2D eigenvalue weighted by molar-refractivity contribution is 5.88. The zero-order valence-corrected chi connectivity index (χ0v) is 19.7. The first-order valence-electron chi connectivity index (χ1n) is 9.25. The molecule has 4 N–H and O–H groups in total. The van der Waals surface area contributed by atoms with Gasteiger partial charge in [0, 0.05) is 19.6 Å². The van der Waals surface area contributed by atoms with Crippen LogP contribution in [0.4, 0.5) is 0 Å². The third-order valence-electron chi connectivity index (χ3n) is 2.77. The maximum Gasteiger partial charge on any atom is 0.336 e. The van der Waals surface area contributed by atoms with Crippen LogP contribution in [0.5, 0.6) is 0 Å². The Hall–Kier alpha value is -2.53. The average molecular weight is 448 g/mol. The second kappa shape index (κ2) is 22.2. The zero-order valence-electron chi connectivity index (χ0n) is 19.7. The molecule has 10 nitrogen and oxygen atoms in total. The summed E-state index contributed by atoms with van der Waals surface area (Å²) in [5.74, 6) is -5.02. The van der Waals surface area contributed by atoms with Gasteiger partial charge in [-0.1, -0.05) is 18.2 Å². The summed E-state index contributed by atoms with van der Waals surface area (Å²) in [6.45, 7) is 13.6. The third-order valence-corrected chi connectivity index (χ3v) is 2.77. The molecule has 0 aromatic carbocycles. The monoisotopic (exact) mass is 447 g/mol. The van der Waals surface area contributed by atoms with Crippen molar-refractivity contribution < 1.29 is 34.8 Å². The van der Waals surface area contributed by atoms with Crippen LogP contribution in [0, 0.1) is 0 Å². The molecule has 0 heterocycles. The molecule has 0 unspecified atom stereocenters. The minimum absolute atomic E-state index is 0.972. The topological polar surface area (TPSA) is 142 Å². The lowest BCUT2D eigenvalue weighted by Crippen LogP contribution is -2.42. The lowest BCUT2D eigenvalue weighted by atomic mass is 9.96. The number of rotatable bonds is 11. The minimum atomic E-state index is -2.74. The lowest BCUT2D eigenvalue weighted by Gasteiger charge is -2.18. The van der Waals surface area contributed by atoms with E-state index in [0.717, 1.165) is 19.6 Å². The molecule has 0 atom stereocenters. The van der Waals surface area contributed by atoms with Crippen LogP contribution in [0.15, 0.2) is 38.0 Å². The van der Waals surface area contributed by atoms with E-state index in [1.807, 2.05) is 60.5 Å². The van der Waals surface area contributed by atoms with Gasteiger partial charge in [0.2, 0.25) is 0 Å². The molecule has 0 aromatic rings. The van der Waals surface area contributed by atoms with Crippen LogP contribution in [-0.4, -0.2) is 121 Å². The number of carboxylic acid groups (broad SMARTS) is 3. The average Bonchev–Trinajstić information content (AvgIpc) is 2.54. The maximum atomic E-state index is 10.3. The molecular weight excluding hydrogens is 406 g/mol. The van der Waals surface area contributed by atoms with Gasteiger partial charge in [0.15, 0.2) is 5.60 Å². The van der Waals surface area contributed by atoms with Crippen LogP contribution in [0.1, 0.15) is 12.8 Å². The normalized spacial score (nSPS) is 9.87. The molecule has 0 spiro atoms. The first-order chi connectivity index (χ1) is 14.1. The third kappa shape index (κ3) is 35.3. The molecule has 0 radical (unpaired) electrons. The van der Waals surface area contributed by atoms with E-state index < -0.39 is 36.4 Å². The first-order valence-corrected chi connectivity index (χ1v) is 9.25. The quantitative estimate of drug-likeness (QED) is 0.338. The second-order valence-corrected chi connectivity index (χ2v) is 7.13. The van der Waals surface area contributed by atoms with Crippen molar-refractivity contribution in [3.05, 3.63) is 38.0 Å². The Morgan fingerprint density at radius 2 is 0.903 bits per heavy atom. The van der Waals surface area contributed by atoms with E-state index in [1.165, 1.54) is 0 Å². The number of aliphatic hydroxyl groups is 1. The predicted molar refractivity (Wildman–Crippen MR) is 123 cm³/mol. The molecule has 0 aliphatic rings. The van der Waals surface area contributed by atoms with Crippen molar-refractivity contribution in [3.63, 3.8) is 0 Å². The van der Waals surface area contributed by atoms with Crippen molar-refractivity contribution in [2.75, 3.05) is 61.9 Å². The molecule has 31 heavy (non-hydrogen) atoms. The van der Waals surface area contributed by atoms with Crippen LogP contribution in [0.25, 0.3) is 0 Å². The summed E-state index contributed by atoms with van der Waals surface area (Å²) in [4.78, 5) is 36.7. The van der Waals surface area contributed by atoms with E-state index in [4.69, 9.17) is 20.4 Å². The van der Waals surface area contributed by atoms with Gasteiger partial charge >= 0.3 is 17.9 Å². The van der Waals surface area contributed by atoms with E-state index in [9.17, 15) is 14.4 Å². The van der Waals surface area contributed by atoms with Crippen molar-refractivity contribution in [1.29, 1.82) is 0 Å². The highest BCUT2D eigenvalue weighted by Crippen LogP contribution is 2.15. The number of nitrogens with zero attached hydrogens (tertiary/aromatic N) is 3. The fraction of sp³-hybridized carbons (Fsp3) is 0.571. The smallest absolute Gasteiger partial charge is 0.336 e. The molecule has 0 amide bonds. The number of carboxylic acids is 3. The zero-order chi connectivity index (χ0) is 25.6. The lowest BCUT2D eigenvalue weighted by molar-refractivity contribution is -0.170.